The molecule has 3 aliphatic rings. The van der Waals surface area contributed by atoms with Gasteiger partial charge in [0.05, 0.1) is 0 Å². The van der Waals surface area contributed by atoms with Crippen LogP contribution in [-0.2, 0) is 0 Å². The van der Waals surface area contributed by atoms with Crippen LogP contribution in [0.25, 0.3) is 0 Å². The van der Waals surface area contributed by atoms with E-state index in [1.165, 1.54) is 38.8 Å². The molecule has 0 bridgehead atoms. The Morgan fingerprint density at radius 3 is 2.36 bits per heavy atom. The molecule has 0 aromatic heterocycles. The molecule has 2 saturated carbocycles. The van der Waals surface area contributed by atoms with Crippen molar-refractivity contribution >= 4 is 0 Å². The molecule has 0 aromatic rings. The average Bonchev–Trinajstić information content (AvgIpc) is 2.58. The van der Waals surface area contributed by atoms with Crippen LogP contribution in [0.15, 0.2) is 0 Å². The van der Waals surface area contributed by atoms with Gasteiger partial charge in [0.1, 0.15) is 0 Å². The summed E-state index contributed by atoms with van der Waals surface area (Å²) in [5.41, 5.74) is 0.711. The summed E-state index contributed by atoms with van der Waals surface area (Å²) in [7, 11) is 0. The van der Waals surface area contributed by atoms with Crippen molar-refractivity contribution in [2.75, 3.05) is 13.1 Å². The highest BCUT2D eigenvalue weighted by molar-refractivity contribution is 5.09. The lowest BCUT2D eigenvalue weighted by molar-refractivity contribution is 0.00732. The summed E-state index contributed by atoms with van der Waals surface area (Å²) in [6.07, 6.45) is 5.75. The number of hydrogen-bond donors (Lipinski definition) is 2. The van der Waals surface area contributed by atoms with Crippen molar-refractivity contribution in [3.05, 3.63) is 0 Å². The van der Waals surface area contributed by atoms with E-state index in [-0.39, 0.29) is 0 Å². The Morgan fingerprint density at radius 2 is 2.00 bits per heavy atom. The third kappa shape index (κ3) is 0.859. The van der Waals surface area contributed by atoms with Gasteiger partial charge < -0.3 is 10.6 Å². The van der Waals surface area contributed by atoms with Crippen LogP contribution in [0.4, 0.5) is 0 Å². The van der Waals surface area contributed by atoms with E-state index in [9.17, 15) is 0 Å². The second-order valence-corrected chi connectivity index (χ2v) is 4.50. The Kier molecular flexibility index (Phi) is 1.16. The zero-order valence-electron chi connectivity index (χ0n) is 6.90. The molecule has 0 aromatic carbocycles. The highest BCUT2D eigenvalue weighted by atomic mass is 15.1. The Balaban J connectivity index is 1.60. The minimum atomic E-state index is 0.711. The van der Waals surface area contributed by atoms with E-state index in [1.807, 2.05) is 0 Å². The lowest BCUT2D eigenvalue weighted by Crippen LogP contribution is -2.69. The molecule has 1 heterocycles. The fraction of sp³-hybridized carbons (Fsp3) is 1.00. The zero-order valence-corrected chi connectivity index (χ0v) is 6.90. The van der Waals surface area contributed by atoms with Crippen LogP contribution < -0.4 is 10.6 Å². The molecule has 0 amide bonds. The van der Waals surface area contributed by atoms with E-state index in [0.29, 0.717) is 5.41 Å². The molecule has 1 unspecified atom stereocenters. The number of nitrogens with one attached hydrogen (secondary N) is 2. The summed E-state index contributed by atoms with van der Waals surface area (Å²) in [6.45, 7) is 2.55. The van der Waals surface area contributed by atoms with Gasteiger partial charge in [0.15, 0.2) is 0 Å². The summed E-state index contributed by atoms with van der Waals surface area (Å²) < 4.78 is 0. The second kappa shape index (κ2) is 1.99. The summed E-state index contributed by atoms with van der Waals surface area (Å²) in [5.74, 6) is 0. The van der Waals surface area contributed by atoms with Crippen LogP contribution >= 0.6 is 0 Å². The van der Waals surface area contributed by atoms with E-state index in [0.717, 1.165) is 12.1 Å². The lowest BCUT2D eigenvalue weighted by atomic mass is 9.60. The maximum absolute atomic E-state index is 3.74. The largest absolute Gasteiger partial charge is 0.315 e. The van der Waals surface area contributed by atoms with Crippen molar-refractivity contribution in [3.8, 4) is 0 Å². The Labute approximate surface area is 67.7 Å². The number of rotatable bonds is 2. The molecule has 11 heavy (non-hydrogen) atoms. The summed E-state index contributed by atoms with van der Waals surface area (Å²) in [5, 5.41) is 7.13. The first kappa shape index (κ1) is 6.44. The normalized spacial score (nSPS) is 39.8. The number of hydrogen-bond acceptors (Lipinski definition) is 2. The van der Waals surface area contributed by atoms with Crippen molar-refractivity contribution in [2.24, 2.45) is 5.41 Å². The van der Waals surface area contributed by atoms with Gasteiger partial charge in [-0.1, -0.05) is 0 Å². The van der Waals surface area contributed by atoms with E-state index in [1.54, 1.807) is 0 Å². The van der Waals surface area contributed by atoms with Crippen molar-refractivity contribution in [1.82, 2.24) is 10.6 Å². The fourth-order valence-corrected chi connectivity index (χ4v) is 2.36. The smallest absolute Gasteiger partial charge is 0.0151 e. The van der Waals surface area contributed by atoms with Crippen molar-refractivity contribution in [1.29, 1.82) is 0 Å². The predicted octanol–water partition coefficient (Wildman–Crippen LogP) is 0.490. The van der Waals surface area contributed by atoms with Crippen molar-refractivity contribution in [3.63, 3.8) is 0 Å². The summed E-state index contributed by atoms with van der Waals surface area (Å²) >= 11 is 0. The van der Waals surface area contributed by atoms with E-state index in [2.05, 4.69) is 10.6 Å². The van der Waals surface area contributed by atoms with Gasteiger partial charge in [-0.15, -0.1) is 0 Å². The monoisotopic (exact) mass is 152 g/mol. The van der Waals surface area contributed by atoms with E-state index >= 15 is 0 Å². The molecular formula is C9H16N2. The molecule has 2 aliphatic carbocycles. The first-order valence-electron chi connectivity index (χ1n) is 4.86. The standard InChI is InChI=1S/C9H16N2/c1-2-7(1)11-8-3-4-9(8)5-10-6-9/h7-8,10-11H,1-6H2. The third-order valence-corrected chi connectivity index (χ3v) is 3.64. The molecule has 2 nitrogen and oxygen atoms in total. The first-order chi connectivity index (χ1) is 5.39. The molecule has 3 rings (SSSR count). The Hall–Kier alpha value is -0.0800. The van der Waals surface area contributed by atoms with E-state index in [4.69, 9.17) is 0 Å². The molecule has 62 valence electrons. The molecule has 1 atom stereocenters. The molecule has 1 saturated heterocycles. The van der Waals surface area contributed by atoms with Crippen LogP contribution in [0.5, 0.6) is 0 Å². The quantitative estimate of drug-likeness (QED) is 0.602. The molecule has 2 heteroatoms. The molecule has 1 aliphatic heterocycles. The van der Waals surface area contributed by atoms with Crippen molar-refractivity contribution in [2.45, 2.75) is 37.8 Å². The fourth-order valence-electron chi connectivity index (χ4n) is 2.36. The van der Waals surface area contributed by atoms with Gasteiger partial charge >= 0.3 is 0 Å². The lowest BCUT2D eigenvalue weighted by Gasteiger charge is -2.56. The molecular weight excluding hydrogens is 136 g/mol. The van der Waals surface area contributed by atoms with Gasteiger partial charge in [-0.2, -0.15) is 0 Å². The van der Waals surface area contributed by atoms with Crippen molar-refractivity contribution < 1.29 is 0 Å². The Morgan fingerprint density at radius 1 is 1.18 bits per heavy atom. The van der Waals surface area contributed by atoms with E-state index < -0.39 is 0 Å². The van der Waals surface area contributed by atoms with Gasteiger partial charge in [-0.05, 0) is 25.7 Å². The van der Waals surface area contributed by atoms with Gasteiger partial charge in [0.25, 0.3) is 0 Å². The maximum Gasteiger partial charge on any atom is 0.0151 e. The van der Waals surface area contributed by atoms with Gasteiger partial charge in [-0.25, -0.2) is 0 Å². The third-order valence-electron chi connectivity index (χ3n) is 3.64. The van der Waals surface area contributed by atoms with Gasteiger partial charge in [0, 0.05) is 30.6 Å². The maximum atomic E-state index is 3.74. The Bertz CT molecular complexity index is 165. The highest BCUT2D eigenvalue weighted by Crippen LogP contribution is 2.45. The molecule has 2 N–H and O–H groups in total. The molecule has 1 spiro atoms. The van der Waals surface area contributed by atoms with Crippen LogP contribution in [0.2, 0.25) is 0 Å². The summed E-state index contributed by atoms with van der Waals surface area (Å²) in [4.78, 5) is 0. The zero-order chi connectivity index (χ0) is 7.31. The van der Waals surface area contributed by atoms with Crippen LogP contribution in [0.3, 0.4) is 0 Å². The molecule has 0 radical (unpaired) electrons. The minimum absolute atomic E-state index is 0.711. The minimum Gasteiger partial charge on any atom is -0.315 e. The van der Waals surface area contributed by atoms with Gasteiger partial charge in [-0.3, -0.25) is 0 Å². The SMILES string of the molecule is C1CC1NC1CCC12CNC2. The van der Waals surface area contributed by atoms with Gasteiger partial charge in [0.2, 0.25) is 0 Å². The molecule has 3 fully saturated rings. The topological polar surface area (TPSA) is 24.1 Å². The van der Waals surface area contributed by atoms with Crippen LogP contribution in [0, 0.1) is 5.41 Å². The first-order valence-corrected chi connectivity index (χ1v) is 4.86. The van der Waals surface area contributed by atoms with Crippen LogP contribution in [0.1, 0.15) is 25.7 Å². The predicted molar refractivity (Wildman–Crippen MR) is 44.5 cm³/mol. The highest BCUT2D eigenvalue weighted by Gasteiger charge is 2.51. The second-order valence-electron chi connectivity index (χ2n) is 4.50. The average molecular weight is 152 g/mol. The van der Waals surface area contributed by atoms with Crippen LogP contribution in [-0.4, -0.2) is 25.2 Å². The summed E-state index contributed by atoms with van der Waals surface area (Å²) in [6, 6.07) is 1.77.